The van der Waals surface area contributed by atoms with Gasteiger partial charge in [-0.15, -0.1) is 0 Å². The van der Waals surface area contributed by atoms with Crippen LogP contribution in [0.1, 0.15) is 40.5 Å². The number of ether oxygens (including phenoxy) is 3. The lowest BCUT2D eigenvalue weighted by atomic mass is 10.0. The fourth-order valence-corrected chi connectivity index (χ4v) is 5.28. The van der Waals surface area contributed by atoms with E-state index in [9.17, 15) is 28.1 Å². The van der Waals surface area contributed by atoms with Crippen LogP contribution in [-0.4, -0.2) is 56.9 Å². The van der Waals surface area contributed by atoms with Crippen LogP contribution in [0, 0.1) is 16.0 Å². The highest BCUT2D eigenvalue weighted by Crippen LogP contribution is 2.35. The number of carbonyl (C=O) groups is 2. The van der Waals surface area contributed by atoms with Crippen LogP contribution in [-0.2, 0) is 19.5 Å². The first-order valence-electron chi connectivity index (χ1n) is 10.3. The number of carbonyl (C=O) groups excluding carboxylic acids is 2. The smallest absolute Gasteiger partial charge is 0.338 e. The van der Waals surface area contributed by atoms with Gasteiger partial charge in [0.1, 0.15) is 5.75 Å². The Hall–Kier alpha value is -3.51. The van der Waals surface area contributed by atoms with Crippen molar-refractivity contribution in [3.63, 3.8) is 0 Å². The zero-order valence-corrected chi connectivity index (χ0v) is 19.7. The molecule has 34 heavy (non-hydrogen) atoms. The standard InChI is InChI=1S/C22H24N2O9S/c1-14-5-4-8-23(13-14)34(29,30)18-6-7-20(19(12-18)24(27)28)33-17-10-15(21(25)31-2)9-16(11-17)22(26)32-3/h6-7,9-12,14H,4-5,8,13H2,1-3H3. The molecule has 1 aliphatic rings. The molecule has 0 N–H and O–H groups in total. The summed E-state index contributed by atoms with van der Waals surface area (Å²) >= 11 is 0. The lowest BCUT2D eigenvalue weighted by Crippen LogP contribution is -2.39. The average molecular weight is 493 g/mol. The van der Waals surface area contributed by atoms with Gasteiger partial charge in [-0.3, -0.25) is 10.1 Å². The van der Waals surface area contributed by atoms with Gasteiger partial charge in [-0.25, -0.2) is 18.0 Å². The van der Waals surface area contributed by atoms with Crippen LogP contribution in [0.3, 0.4) is 0 Å². The van der Waals surface area contributed by atoms with Crippen molar-refractivity contribution in [3.8, 4) is 11.5 Å². The topological polar surface area (TPSA) is 142 Å². The number of benzene rings is 2. The molecule has 12 heteroatoms. The minimum Gasteiger partial charge on any atom is -0.465 e. The molecule has 0 radical (unpaired) electrons. The Kier molecular flexibility index (Phi) is 7.52. The van der Waals surface area contributed by atoms with Crippen molar-refractivity contribution in [1.82, 2.24) is 4.31 Å². The fraction of sp³-hybridized carbons (Fsp3) is 0.364. The van der Waals surface area contributed by atoms with Crippen molar-refractivity contribution >= 4 is 27.6 Å². The summed E-state index contributed by atoms with van der Waals surface area (Å²) in [6, 6.07) is 7.04. The summed E-state index contributed by atoms with van der Waals surface area (Å²) in [5.41, 5.74) is -0.669. The normalized spacial score (nSPS) is 16.5. The maximum atomic E-state index is 13.0. The molecule has 1 atom stereocenters. The molecule has 1 saturated heterocycles. The first kappa shape index (κ1) is 25.1. The van der Waals surface area contributed by atoms with Crippen molar-refractivity contribution in [2.75, 3.05) is 27.3 Å². The Bertz CT molecular complexity index is 1190. The average Bonchev–Trinajstić information content (AvgIpc) is 2.82. The van der Waals surface area contributed by atoms with Crippen LogP contribution < -0.4 is 4.74 Å². The molecule has 0 aromatic heterocycles. The Balaban J connectivity index is 2.00. The van der Waals surface area contributed by atoms with E-state index < -0.39 is 32.6 Å². The third-order valence-electron chi connectivity index (χ3n) is 5.36. The predicted octanol–water partition coefficient (Wildman–Crippen LogP) is 3.38. The number of nitro groups is 1. The molecule has 1 unspecified atom stereocenters. The monoisotopic (exact) mass is 492 g/mol. The molecular formula is C22H24N2O9S. The van der Waals surface area contributed by atoms with Gasteiger partial charge in [-0.05, 0) is 49.1 Å². The largest absolute Gasteiger partial charge is 0.465 e. The van der Waals surface area contributed by atoms with Gasteiger partial charge in [0, 0.05) is 19.2 Å². The highest BCUT2D eigenvalue weighted by atomic mass is 32.2. The summed E-state index contributed by atoms with van der Waals surface area (Å²) in [7, 11) is -1.63. The van der Waals surface area contributed by atoms with Crippen LogP contribution in [0.4, 0.5) is 5.69 Å². The number of sulfonamides is 1. The molecule has 0 saturated carbocycles. The summed E-state index contributed by atoms with van der Waals surface area (Å²) in [6.45, 7) is 2.63. The highest BCUT2D eigenvalue weighted by Gasteiger charge is 2.31. The molecule has 182 valence electrons. The van der Waals surface area contributed by atoms with Gasteiger partial charge in [0.05, 0.1) is 35.2 Å². The summed E-state index contributed by atoms with van der Waals surface area (Å²) in [6.07, 6.45) is 1.62. The number of hydrogen-bond donors (Lipinski definition) is 0. The van der Waals surface area contributed by atoms with E-state index in [4.69, 9.17) is 4.74 Å². The molecule has 2 aromatic rings. The minimum atomic E-state index is -3.93. The summed E-state index contributed by atoms with van der Waals surface area (Å²) in [4.78, 5) is 34.7. The molecule has 3 rings (SSSR count). The molecule has 1 aliphatic heterocycles. The molecule has 11 nitrogen and oxygen atoms in total. The summed E-state index contributed by atoms with van der Waals surface area (Å²) in [5, 5.41) is 11.7. The molecular weight excluding hydrogens is 468 g/mol. The second-order valence-corrected chi connectivity index (χ2v) is 9.77. The number of nitro benzene ring substituents is 1. The Morgan fingerprint density at radius 1 is 1.06 bits per heavy atom. The number of methoxy groups -OCH3 is 2. The van der Waals surface area contributed by atoms with E-state index >= 15 is 0 Å². The molecule has 0 amide bonds. The van der Waals surface area contributed by atoms with Crippen LogP contribution in [0.2, 0.25) is 0 Å². The molecule has 1 fully saturated rings. The number of esters is 2. The van der Waals surface area contributed by atoms with E-state index in [2.05, 4.69) is 9.47 Å². The number of rotatable bonds is 7. The van der Waals surface area contributed by atoms with Crippen LogP contribution in [0.15, 0.2) is 41.3 Å². The molecule has 0 aliphatic carbocycles. The van der Waals surface area contributed by atoms with Crippen LogP contribution in [0.5, 0.6) is 11.5 Å². The van der Waals surface area contributed by atoms with Crippen molar-refractivity contribution in [2.45, 2.75) is 24.7 Å². The first-order chi connectivity index (χ1) is 16.1. The van der Waals surface area contributed by atoms with Crippen molar-refractivity contribution in [3.05, 3.63) is 57.6 Å². The Labute approximate surface area is 196 Å². The zero-order chi connectivity index (χ0) is 25.0. The van der Waals surface area contributed by atoms with Crippen molar-refractivity contribution in [1.29, 1.82) is 0 Å². The van der Waals surface area contributed by atoms with Crippen molar-refractivity contribution in [2.24, 2.45) is 5.92 Å². The van der Waals surface area contributed by atoms with Gasteiger partial charge in [0.2, 0.25) is 15.8 Å². The maximum Gasteiger partial charge on any atom is 0.338 e. The number of hydrogen-bond acceptors (Lipinski definition) is 9. The molecule has 1 heterocycles. The second-order valence-electron chi connectivity index (χ2n) is 7.83. The quantitative estimate of drug-likeness (QED) is 0.323. The van der Waals surface area contributed by atoms with Gasteiger partial charge in [-0.2, -0.15) is 4.31 Å². The second kappa shape index (κ2) is 10.2. The number of piperidine rings is 1. The van der Waals surface area contributed by atoms with E-state index in [0.717, 1.165) is 26.7 Å². The van der Waals surface area contributed by atoms with E-state index in [1.54, 1.807) is 0 Å². The molecule has 0 spiro atoms. The van der Waals surface area contributed by atoms with Gasteiger partial charge in [-0.1, -0.05) is 6.92 Å². The third-order valence-corrected chi connectivity index (χ3v) is 7.22. The Morgan fingerprint density at radius 2 is 1.68 bits per heavy atom. The van der Waals surface area contributed by atoms with Crippen LogP contribution in [0.25, 0.3) is 0 Å². The minimum absolute atomic E-state index is 0.0403. The predicted molar refractivity (Wildman–Crippen MR) is 119 cm³/mol. The van der Waals surface area contributed by atoms with E-state index in [1.165, 1.54) is 34.6 Å². The van der Waals surface area contributed by atoms with Gasteiger partial charge < -0.3 is 14.2 Å². The van der Waals surface area contributed by atoms with Gasteiger partial charge >= 0.3 is 17.6 Å². The zero-order valence-electron chi connectivity index (χ0n) is 18.8. The summed E-state index contributed by atoms with van der Waals surface area (Å²) < 4.78 is 42.3. The maximum absolute atomic E-state index is 13.0. The van der Waals surface area contributed by atoms with E-state index in [0.29, 0.717) is 19.5 Å². The van der Waals surface area contributed by atoms with Crippen molar-refractivity contribution < 1.29 is 37.1 Å². The van der Waals surface area contributed by atoms with E-state index in [1.807, 2.05) is 6.92 Å². The third kappa shape index (κ3) is 5.34. The molecule has 2 aromatic carbocycles. The number of nitrogens with zero attached hydrogens (tertiary/aromatic N) is 2. The Morgan fingerprint density at radius 3 is 2.21 bits per heavy atom. The first-order valence-corrected chi connectivity index (χ1v) is 11.8. The van der Waals surface area contributed by atoms with E-state index in [-0.39, 0.29) is 33.4 Å². The SMILES string of the molecule is COC(=O)c1cc(Oc2ccc(S(=O)(=O)N3CCCC(C)C3)cc2[N+](=O)[O-])cc(C(=O)OC)c1. The lowest BCUT2D eigenvalue weighted by molar-refractivity contribution is -0.385. The highest BCUT2D eigenvalue weighted by molar-refractivity contribution is 7.89. The van der Waals surface area contributed by atoms with Crippen LogP contribution >= 0.6 is 0 Å². The fourth-order valence-electron chi connectivity index (χ4n) is 3.66. The molecule has 0 bridgehead atoms. The van der Waals surface area contributed by atoms with Gasteiger partial charge in [0.25, 0.3) is 0 Å². The lowest BCUT2D eigenvalue weighted by Gasteiger charge is -2.30. The van der Waals surface area contributed by atoms with Gasteiger partial charge in [0.15, 0.2) is 0 Å². The summed E-state index contributed by atoms with van der Waals surface area (Å²) in [5.74, 6) is -1.68.